The van der Waals surface area contributed by atoms with E-state index in [-0.39, 0.29) is 18.0 Å². The van der Waals surface area contributed by atoms with E-state index in [0.29, 0.717) is 10.2 Å². The number of carbonyl (C=O) groups excluding carboxylic acids is 1. The van der Waals surface area contributed by atoms with E-state index in [1.807, 2.05) is 13.0 Å². The lowest BCUT2D eigenvalue weighted by Gasteiger charge is -2.11. The topological polar surface area (TPSA) is 78.7 Å². The first-order valence-electron chi connectivity index (χ1n) is 6.40. The molecule has 2 aromatic rings. The van der Waals surface area contributed by atoms with Crippen molar-refractivity contribution in [1.29, 1.82) is 0 Å². The van der Waals surface area contributed by atoms with Crippen LogP contribution in [-0.4, -0.2) is 17.5 Å². The van der Waals surface area contributed by atoms with Gasteiger partial charge in [-0.3, -0.25) is 10.1 Å². The van der Waals surface area contributed by atoms with Crippen LogP contribution in [0.25, 0.3) is 0 Å². The second-order valence-electron chi connectivity index (χ2n) is 4.55. The zero-order valence-corrected chi connectivity index (χ0v) is 15.1. The Morgan fingerprint density at radius 1 is 1.26 bits per heavy atom. The van der Waals surface area contributed by atoms with Gasteiger partial charge in [-0.1, -0.05) is 22.0 Å². The van der Waals surface area contributed by atoms with E-state index in [0.717, 1.165) is 10.0 Å². The molecule has 0 aliphatic carbocycles. The van der Waals surface area contributed by atoms with Gasteiger partial charge in [-0.25, -0.2) is 4.79 Å². The van der Waals surface area contributed by atoms with Crippen LogP contribution in [0.1, 0.15) is 5.56 Å². The molecule has 0 aliphatic rings. The van der Waals surface area contributed by atoms with Crippen LogP contribution >= 0.6 is 31.9 Å². The molecular weight excluding hydrogens is 434 g/mol. The van der Waals surface area contributed by atoms with Crippen LogP contribution in [-0.2, 0) is 4.79 Å². The number of non-ortho nitro benzene ring substituents is 1. The van der Waals surface area contributed by atoms with E-state index in [4.69, 9.17) is 9.47 Å². The van der Waals surface area contributed by atoms with Crippen LogP contribution in [0.5, 0.6) is 11.5 Å². The summed E-state index contributed by atoms with van der Waals surface area (Å²) in [5.74, 6) is -0.0247. The van der Waals surface area contributed by atoms with Gasteiger partial charge in [-0.15, -0.1) is 0 Å². The Morgan fingerprint density at radius 3 is 2.65 bits per heavy atom. The molecule has 2 aromatic carbocycles. The standard InChI is InChI=1S/C15H11Br2NO5/c1-9-5-10(16)6-13(17)15(9)22-8-14(19)23-12-4-2-3-11(7-12)18(20)21/h2-7H,8H2,1H3. The fraction of sp³-hybridized carbons (Fsp3) is 0.133. The molecule has 0 saturated heterocycles. The molecule has 0 aromatic heterocycles. The highest BCUT2D eigenvalue weighted by atomic mass is 79.9. The summed E-state index contributed by atoms with van der Waals surface area (Å²) in [5, 5.41) is 10.7. The second-order valence-corrected chi connectivity index (χ2v) is 6.32. The van der Waals surface area contributed by atoms with Gasteiger partial charge in [0, 0.05) is 10.5 Å². The van der Waals surface area contributed by atoms with Gasteiger partial charge >= 0.3 is 5.97 Å². The molecule has 0 atom stereocenters. The van der Waals surface area contributed by atoms with Crippen molar-refractivity contribution in [1.82, 2.24) is 0 Å². The molecule has 0 amide bonds. The Kier molecular flexibility index (Phi) is 5.73. The lowest BCUT2D eigenvalue weighted by Crippen LogP contribution is -2.18. The average molecular weight is 445 g/mol. The maximum atomic E-state index is 11.8. The van der Waals surface area contributed by atoms with Crippen LogP contribution in [0.2, 0.25) is 0 Å². The first-order chi connectivity index (χ1) is 10.9. The number of hydrogen-bond donors (Lipinski definition) is 0. The average Bonchev–Trinajstić information content (AvgIpc) is 2.46. The highest BCUT2D eigenvalue weighted by Gasteiger charge is 2.13. The molecule has 120 valence electrons. The van der Waals surface area contributed by atoms with Gasteiger partial charge in [0.05, 0.1) is 15.5 Å². The van der Waals surface area contributed by atoms with Crippen LogP contribution in [0.15, 0.2) is 45.3 Å². The van der Waals surface area contributed by atoms with Crippen LogP contribution in [0.3, 0.4) is 0 Å². The molecule has 0 bridgehead atoms. The summed E-state index contributed by atoms with van der Waals surface area (Å²) >= 11 is 6.72. The van der Waals surface area contributed by atoms with Gasteiger partial charge in [0.2, 0.25) is 0 Å². The molecule has 0 aliphatic heterocycles. The normalized spacial score (nSPS) is 10.2. The molecule has 0 unspecified atom stereocenters. The molecular formula is C15H11Br2NO5. The number of halogens is 2. The van der Waals surface area contributed by atoms with E-state index >= 15 is 0 Å². The molecule has 0 saturated carbocycles. The monoisotopic (exact) mass is 443 g/mol. The minimum Gasteiger partial charge on any atom is -0.480 e. The van der Waals surface area contributed by atoms with E-state index in [1.165, 1.54) is 24.3 Å². The highest BCUT2D eigenvalue weighted by Crippen LogP contribution is 2.32. The van der Waals surface area contributed by atoms with Gasteiger partial charge in [0.15, 0.2) is 6.61 Å². The number of nitro groups is 1. The first-order valence-corrected chi connectivity index (χ1v) is 7.99. The Labute approximate surface area is 148 Å². The van der Waals surface area contributed by atoms with Crippen LogP contribution in [0.4, 0.5) is 5.69 Å². The lowest BCUT2D eigenvalue weighted by molar-refractivity contribution is -0.384. The summed E-state index contributed by atoms with van der Waals surface area (Å²) in [6, 6.07) is 9.05. The number of rotatable bonds is 5. The van der Waals surface area contributed by atoms with Crippen molar-refractivity contribution in [3.05, 3.63) is 61.0 Å². The quantitative estimate of drug-likeness (QED) is 0.295. The highest BCUT2D eigenvalue weighted by molar-refractivity contribution is 9.11. The zero-order chi connectivity index (χ0) is 17.0. The second kappa shape index (κ2) is 7.56. The van der Waals surface area contributed by atoms with Gasteiger partial charge in [0.1, 0.15) is 11.5 Å². The lowest BCUT2D eigenvalue weighted by atomic mass is 10.2. The van der Waals surface area contributed by atoms with E-state index in [1.54, 1.807) is 6.07 Å². The summed E-state index contributed by atoms with van der Waals surface area (Å²) in [5.41, 5.74) is 0.692. The summed E-state index contributed by atoms with van der Waals surface area (Å²) in [7, 11) is 0. The maximum absolute atomic E-state index is 11.8. The number of aryl methyl sites for hydroxylation is 1. The maximum Gasteiger partial charge on any atom is 0.349 e. The van der Waals surface area contributed by atoms with Crippen LogP contribution in [0, 0.1) is 17.0 Å². The zero-order valence-electron chi connectivity index (χ0n) is 11.9. The Bertz CT molecular complexity index is 740. The molecule has 8 heteroatoms. The summed E-state index contributed by atoms with van der Waals surface area (Å²) in [6.07, 6.45) is 0. The molecule has 2 rings (SSSR count). The molecule has 6 nitrogen and oxygen atoms in total. The van der Waals surface area contributed by atoms with Gasteiger partial charge < -0.3 is 9.47 Å². The number of esters is 1. The Hall–Kier alpha value is -1.93. The number of benzene rings is 2. The Morgan fingerprint density at radius 2 is 2.00 bits per heavy atom. The summed E-state index contributed by atoms with van der Waals surface area (Å²) in [4.78, 5) is 21.9. The van der Waals surface area contributed by atoms with E-state index in [9.17, 15) is 14.9 Å². The van der Waals surface area contributed by atoms with Crippen molar-refractivity contribution in [2.75, 3.05) is 6.61 Å². The van der Waals surface area contributed by atoms with Crippen LogP contribution < -0.4 is 9.47 Å². The van der Waals surface area contributed by atoms with Crippen molar-refractivity contribution in [2.45, 2.75) is 6.92 Å². The number of nitrogens with zero attached hydrogens (tertiary/aromatic N) is 1. The SMILES string of the molecule is Cc1cc(Br)cc(Br)c1OCC(=O)Oc1cccc([N+](=O)[O-])c1. The fourth-order valence-electron chi connectivity index (χ4n) is 1.82. The largest absolute Gasteiger partial charge is 0.480 e. The van der Waals surface area contributed by atoms with Crippen molar-refractivity contribution in [2.24, 2.45) is 0 Å². The molecule has 0 radical (unpaired) electrons. The smallest absolute Gasteiger partial charge is 0.349 e. The third kappa shape index (κ3) is 4.77. The molecule has 0 fully saturated rings. The van der Waals surface area contributed by atoms with Crippen molar-refractivity contribution in [3.8, 4) is 11.5 Å². The number of nitro benzene ring substituents is 1. The minimum absolute atomic E-state index is 0.0967. The Balaban J connectivity index is 2.01. The van der Waals surface area contributed by atoms with Crippen molar-refractivity contribution in [3.63, 3.8) is 0 Å². The molecule has 0 N–H and O–H groups in total. The first kappa shape index (κ1) is 17.4. The number of carbonyl (C=O) groups is 1. The minimum atomic E-state index is -0.653. The van der Waals surface area contributed by atoms with Gasteiger partial charge in [0.25, 0.3) is 5.69 Å². The van der Waals surface area contributed by atoms with E-state index in [2.05, 4.69) is 31.9 Å². The number of ether oxygens (including phenoxy) is 2. The van der Waals surface area contributed by atoms with E-state index < -0.39 is 10.9 Å². The fourth-order valence-corrected chi connectivity index (χ4v) is 3.38. The predicted octanol–water partition coefficient (Wildman–Crippen LogP) is 4.41. The molecule has 23 heavy (non-hydrogen) atoms. The molecule has 0 heterocycles. The van der Waals surface area contributed by atoms with Crippen molar-refractivity contribution < 1.29 is 19.2 Å². The summed E-state index contributed by atoms with van der Waals surface area (Å²) < 4.78 is 12.1. The molecule has 0 spiro atoms. The van der Waals surface area contributed by atoms with Gasteiger partial charge in [-0.2, -0.15) is 0 Å². The van der Waals surface area contributed by atoms with Crippen molar-refractivity contribution >= 4 is 43.5 Å². The third-order valence-electron chi connectivity index (χ3n) is 2.79. The predicted molar refractivity (Wildman–Crippen MR) is 90.8 cm³/mol. The number of hydrogen-bond acceptors (Lipinski definition) is 5. The summed E-state index contributed by atoms with van der Waals surface area (Å²) in [6.45, 7) is 1.53. The third-order valence-corrected chi connectivity index (χ3v) is 3.84. The van der Waals surface area contributed by atoms with Gasteiger partial charge in [-0.05, 0) is 46.6 Å².